The summed E-state index contributed by atoms with van der Waals surface area (Å²) in [5.74, 6) is -1.91. The van der Waals surface area contributed by atoms with Crippen molar-refractivity contribution in [1.82, 2.24) is 9.88 Å². The van der Waals surface area contributed by atoms with E-state index >= 15 is 0 Å². The van der Waals surface area contributed by atoms with Crippen LogP contribution in [-0.4, -0.2) is 53.9 Å². The van der Waals surface area contributed by atoms with Crippen molar-refractivity contribution in [2.45, 2.75) is 18.6 Å². The number of anilines is 1. The Hall–Kier alpha value is -3.66. The number of hydrogen-bond donors (Lipinski definition) is 2. The Morgan fingerprint density at radius 1 is 1.23 bits per heavy atom. The van der Waals surface area contributed by atoms with E-state index in [1.807, 2.05) is 19.2 Å². The number of carboxylic acids is 1. The van der Waals surface area contributed by atoms with Gasteiger partial charge in [0.05, 0.1) is 23.5 Å². The van der Waals surface area contributed by atoms with E-state index in [9.17, 15) is 27.5 Å². The first-order valence-electron chi connectivity index (χ1n) is 10.9. The highest BCUT2D eigenvalue weighted by molar-refractivity contribution is 5.93. The number of likely N-dealkylation sites (N-methyl/N-ethyl adjacent to an activating group) is 1. The highest BCUT2D eigenvalue weighted by Crippen LogP contribution is 2.34. The van der Waals surface area contributed by atoms with Crippen molar-refractivity contribution >= 4 is 11.7 Å². The van der Waals surface area contributed by atoms with Gasteiger partial charge in [-0.15, -0.1) is 0 Å². The molecule has 1 aromatic heterocycles. The maximum Gasteiger partial charge on any atom is 0.422 e. The molecule has 35 heavy (non-hydrogen) atoms. The number of carboxylic acid groups (broad SMARTS) is 1. The molecule has 0 aliphatic carbocycles. The summed E-state index contributed by atoms with van der Waals surface area (Å²) in [7, 11) is 1.98. The summed E-state index contributed by atoms with van der Waals surface area (Å²) >= 11 is 0. The quantitative estimate of drug-likeness (QED) is 0.446. The highest BCUT2D eigenvalue weighted by atomic mass is 19.4. The van der Waals surface area contributed by atoms with Crippen LogP contribution >= 0.6 is 0 Å². The van der Waals surface area contributed by atoms with Crippen molar-refractivity contribution in [2.75, 3.05) is 32.1 Å². The SMILES string of the molecule is CN1CCc2cc(-c3ccc(OCC(F)(F)F)cc3F)ccc2[C@@H]1CNc1cnccc1C(=O)O. The lowest BCUT2D eigenvalue weighted by Gasteiger charge is -2.35. The number of benzene rings is 2. The van der Waals surface area contributed by atoms with E-state index in [4.69, 9.17) is 0 Å². The number of nitrogens with zero attached hydrogens (tertiary/aromatic N) is 2. The van der Waals surface area contributed by atoms with Gasteiger partial charge in [0.1, 0.15) is 11.6 Å². The van der Waals surface area contributed by atoms with Crippen LogP contribution in [0, 0.1) is 5.82 Å². The molecule has 0 spiro atoms. The Kier molecular flexibility index (Phi) is 6.93. The van der Waals surface area contributed by atoms with Crippen LogP contribution in [0.15, 0.2) is 54.9 Å². The van der Waals surface area contributed by atoms with Gasteiger partial charge in [0.2, 0.25) is 0 Å². The summed E-state index contributed by atoms with van der Waals surface area (Å²) < 4.78 is 56.4. The Morgan fingerprint density at radius 3 is 2.74 bits per heavy atom. The molecule has 1 atom stereocenters. The molecule has 10 heteroatoms. The molecule has 0 radical (unpaired) electrons. The maximum atomic E-state index is 14.7. The molecule has 0 bridgehead atoms. The first-order chi connectivity index (χ1) is 16.6. The lowest BCUT2D eigenvalue weighted by Crippen LogP contribution is -2.36. The van der Waals surface area contributed by atoms with E-state index in [0.29, 0.717) is 17.8 Å². The molecule has 4 rings (SSSR count). The van der Waals surface area contributed by atoms with Gasteiger partial charge in [0, 0.05) is 30.9 Å². The third-order valence-corrected chi connectivity index (χ3v) is 5.96. The number of pyridine rings is 1. The minimum absolute atomic E-state index is 0.0577. The minimum atomic E-state index is -4.50. The summed E-state index contributed by atoms with van der Waals surface area (Å²) in [6, 6.07) is 10.6. The molecule has 1 aliphatic heterocycles. The van der Waals surface area contributed by atoms with Crippen LogP contribution < -0.4 is 10.1 Å². The van der Waals surface area contributed by atoms with Gasteiger partial charge in [-0.1, -0.05) is 18.2 Å². The zero-order valence-corrected chi connectivity index (χ0v) is 18.8. The van der Waals surface area contributed by atoms with Crippen LogP contribution in [0.25, 0.3) is 11.1 Å². The fraction of sp³-hybridized carbons (Fsp3) is 0.280. The number of ether oxygens (including phenoxy) is 1. The van der Waals surface area contributed by atoms with E-state index in [0.717, 1.165) is 30.2 Å². The van der Waals surface area contributed by atoms with Gasteiger partial charge in [-0.05, 0) is 48.4 Å². The van der Waals surface area contributed by atoms with E-state index in [1.54, 1.807) is 6.07 Å². The van der Waals surface area contributed by atoms with Gasteiger partial charge in [0.15, 0.2) is 6.61 Å². The van der Waals surface area contributed by atoms with E-state index in [1.165, 1.54) is 30.6 Å². The van der Waals surface area contributed by atoms with E-state index in [2.05, 4.69) is 19.9 Å². The summed E-state index contributed by atoms with van der Waals surface area (Å²) in [5, 5.41) is 12.6. The average Bonchev–Trinajstić information content (AvgIpc) is 2.81. The zero-order chi connectivity index (χ0) is 25.2. The molecule has 0 fully saturated rings. The van der Waals surface area contributed by atoms with Crippen molar-refractivity contribution in [1.29, 1.82) is 0 Å². The number of nitrogens with one attached hydrogen (secondary N) is 1. The average molecular weight is 489 g/mol. The molecule has 2 aromatic carbocycles. The van der Waals surface area contributed by atoms with Crippen LogP contribution in [0.2, 0.25) is 0 Å². The van der Waals surface area contributed by atoms with Crippen LogP contribution in [0.5, 0.6) is 5.75 Å². The van der Waals surface area contributed by atoms with Crippen LogP contribution in [0.3, 0.4) is 0 Å². The van der Waals surface area contributed by atoms with Gasteiger partial charge in [0.25, 0.3) is 0 Å². The lowest BCUT2D eigenvalue weighted by atomic mass is 9.89. The molecule has 0 saturated heterocycles. The predicted octanol–water partition coefficient (Wildman–Crippen LogP) is 5.17. The summed E-state index contributed by atoms with van der Waals surface area (Å²) in [4.78, 5) is 17.6. The van der Waals surface area contributed by atoms with Gasteiger partial charge < -0.3 is 15.2 Å². The second-order valence-corrected chi connectivity index (χ2v) is 8.31. The summed E-state index contributed by atoms with van der Waals surface area (Å²) in [5.41, 5.74) is 3.48. The van der Waals surface area contributed by atoms with Gasteiger partial charge in [-0.3, -0.25) is 9.88 Å². The van der Waals surface area contributed by atoms with E-state index in [-0.39, 0.29) is 22.9 Å². The molecule has 0 unspecified atom stereocenters. The summed E-state index contributed by atoms with van der Waals surface area (Å²) in [6.07, 6.45) is -0.871. The smallest absolute Gasteiger partial charge is 0.422 e. The Morgan fingerprint density at radius 2 is 2.03 bits per heavy atom. The van der Waals surface area contributed by atoms with Gasteiger partial charge in [-0.2, -0.15) is 13.2 Å². The number of aromatic nitrogens is 1. The Balaban J connectivity index is 1.54. The third-order valence-electron chi connectivity index (χ3n) is 5.96. The molecule has 2 N–H and O–H groups in total. The first-order valence-corrected chi connectivity index (χ1v) is 10.9. The van der Waals surface area contributed by atoms with Crippen LogP contribution in [0.4, 0.5) is 23.2 Å². The standard InChI is InChI=1S/C25H23F4N3O3/c1-32-9-7-16-10-15(18-5-3-17(11-21(18)26)35-14-25(27,28)29)2-4-19(16)23(32)13-31-22-12-30-8-6-20(22)24(33)34/h2-6,8,10-12,23,31H,7,9,13-14H2,1H3,(H,33,34)/t23-/m0/s1. The fourth-order valence-corrected chi connectivity index (χ4v) is 4.18. The molecule has 1 aliphatic rings. The zero-order valence-electron chi connectivity index (χ0n) is 18.8. The molecular formula is C25H23F4N3O3. The number of alkyl halides is 3. The third kappa shape index (κ3) is 5.71. The first kappa shape index (κ1) is 24.5. The Labute approximate surface area is 199 Å². The molecule has 184 valence electrons. The van der Waals surface area contributed by atoms with Crippen molar-refractivity contribution in [3.8, 4) is 16.9 Å². The second-order valence-electron chi connectivity index (χ2n) is 8.31. The number of halogens is 4. The monoisotopic (exact) mass is 489 g/mol. The second kappa shape index (κ2) is 9.91. The topological polar surface area (TPSA) is 74.7 Å². The van der Waals surface area contributed by atoms with Crippen LogP contribution in [0.1, 0.15) is 27.5 Å². The van der Waals surface area contributed by atoms with Gasteiger partial charge in [-0.25, -0.2) is 9.18 Å². The number of carbonyl (C=O) groups is 1. The van der Waals surface area contributed by atoms with Gasteiger partial charge >= 0.3 is 12.1 Å². The number of aromatic carboxylic acids is 1. The largest absolute Gasteiger partial charge is 0.484 e. The minimum Gasteiger partial charge on any atom is -0.484 e. The summed E-state index contributed by atoms with van der Waals surface area (Å²) in [6.45, 7) is -0.302. The van der Waals surface area contributed by atoms with E-state index < -0.39 is 24.6 Å². The number of fused-ring (bicyclic) bond motifs is 1. The lowest BCUT2D eigenvalue weighted by molar-refractivity contribution is -0.153. The van der Waals surface area contributed by atoms with Crippen molar-refractivity contribution < 1.29 is 32.2 Å². The van der Waals surface area contributed by atoms with Crippen LogP contribution in [-0.2, 0) is 6.42 Å². The molecule has 6 nitrogen and oxygen atoms in total. The molecule has 2 heterocycles. The number of hydrogen-bond acceptors (Lipinski definition) is 5. The molecule has 3 aromatic rings. The van der Waals surface area contributed by atoms with Crippen molar-refractivity contribution in [3.05, 3.63) is 77.4 Å². The Bertz CT molecular complexity index is 1230. The molecular weight excluding hydrogens is 466 g/mol. The maximum absolute atomic E-state index is 14.7. The van der Waals surface area contributed by atoms with Crippen molar-refractivity contribution in [2.24, 2.45) is 0 Å². The molecule has 0 amide bonds. The highest BCUT2D eigenvalue weighted by Gasteiger charge is 2.29. The number of rotatable bonds is 7. The fourth-order valence-electron chi connectivity index (χ4n) is 4.18. The van der Waals surface area contributed by atoms with Crippen molar-refractivity contribution in [3.63, 3.8) is 0 Å². The molecule has 0 saturated carbocycles. The predicted molar refractivity (Wildman–Crippen MR) is 122 cm³/mol. The normalized spacial score (nSPS) is 16.0.